The van der Waals surface area contributed by atoms with E-state index in [9.17, 15) is 0 Å². The number of hydrogen-bond donors (Lipinski definition) is 0. The van der Waals surface area contributed by atoms with E-state index >= 15 is 0 Å². The Bertz CT molecular complexity index is 19.2. The minimum Gasteiger partial charge on any atom is -0.101 e. The van der Waals surface area contributed by atoms with Gasteiger partial charge in [-0.3, -0.25) is 0 Å². The average Bonchev–Trinajstić information content (AvgIpc) is 1.37. The second-order valence-corrected chi connectivity index (χ2v) is 0.786. The molecule has 0 heterocycles. The van der Waals surface area contributed by atoms with Crippen LogP contribution >= 0.6 is 32.3 Å². The largest absolute Gasteiger partial charge is 0.101 e. The molecule has 0 saturated heterocycles. The number of hydrogen-bond acceptors (Lipinski definition) is 2. The second-order valence-electron chi connectivity index (χ2n) is 0.151. The average molecular weight is 188 g/mol. The topological polar surface area (TPSA) is 24.7 Å². The molecule has 0 aliphatic rings. The molecule has 0 atom stereocenters. The minimum absolute atomic E-state index is 2.66. The monoisotopic (exact) mass is 186 g/mol. The van der Waals surface area contributed by atoms with Crippen molar-refractivity contribution in [3.05, 3.63) is 0 Å². The van der Waals surface area contributed by atoms with E-state index in [1.54, 1.807) is 0 Å². The Kier molecular flexibility index (Phi) is 4.06. The first-order valence-corrected chi connectivity index (χ1v) is 1.96. The van der Waals surface area contributed by atoms with Gasteiger partial charge in [0.2, 0.25) is 0 Å². The van der Waals surface area contributed by atoms with E-state index in [0.717, 1.165) is 0 Å². The van der Waals surface area contributed by atoms with Crippen LogP contribution in [0.4, 0.5) is 0 Å². The Morgan fingerprint density at radius 2 is 1.25 bits per heavy atom. The maximum atomic E-state index is 3.09. The molecule has 0 aliphatic heterocycles. The fourth-order valence-corrected chi connectivity index (χ4v) is 0. The maximum absolute atomic E-state index is 3.09. The summed E-state index contributed by atoms with van der Waals surface area (Å²) in [5.74, 6) is 0. The Labute approximate surface area is 41.0 Å². The smallest absolute Gasteiger partial charge is 0.101 e. The van der Waals surface area contributed by atoms with Crippen LogP contribution in [0.2, 0.25) is 0 Å². The van der Waals surface area contributed by atoms with Crippen LogP contribution in [-0.2, 0) is 0 Å². The van der Waals surface area contributed by atoms with Gasteiger partial charge < -0.3 is 0 Å². The zero-order valence-electron chi connectivity index (χ0n) is 1.65. The van der Waals surface area contributed by atoms with Gasteiger partial charge in [-0.15, -0.1) is 8.28 Å². The number of halogens is 2. The van der Waals surface area contributed by atoms with Gasteiger partial charge in [-0.05, 0) is 0 Å². The molecule has 4 heavy (non-hydrogen) atoms. The summed E-state index contributed by atoms with van der Waals surface area (Å²) in [6.07, 6.45) is 0. The van der Waals surface area contributed by atoms with Crippen molar-refractivity contribution in [1.82, 2.24) is 0 Å². The van der Waals surface area contributed by atoms with Crippen molar-refractivity contribution in [3.8, 4) is 0 Å². The molecule has 0 aromatic heterocycles. The molecule has 0 spiro atoms. The fraction of sp³-hybridized carbons (Fsp3) is 0. The number of nitrogens with zero attached hydrogens (tertiary/aromatic N) is 2. The molecule has 0 bridgehead atoms. The molecule has 2 nitrogen and oxygen atoms in total. The van der Waals surface area contributed by atoms with Gasteiger partial charge in [-0.2, -0.15) is 0 Å². The van der Waals surface area contributed by atoms with Crippen molar-refractivity contribution < 1.29 is 0 Å². The lowest BCUT2D eigenvalue weighted by atomic mass is 13.3. The molecule has 0 amide bonds. The first-order valence-electron chi connectivity index (χ1n) is 0.538. The third-order valence-electron chi connectivity index (χ3n) is 0.0286. The van der Waals surface area contributed by atoms with Gasteiger partial charge in [0.1, 0.15) is 32.3 Å². The lowest BCUT2D eigenvalue weighted by Gasteiger charge is -1.45. The van der Waals surface area contributed by atoms with Crippen LogP contribution in [0.15, 0.2) is 8.28 Å². The first kappa shape index (κ1) is 4.56. The van der Waals surface area contributed by atoms with E-state index in [4.69, 9.17) is 0 Å². The van der Waals surface area contributed by atoms with E-state index in [1.807, 2.05) is 0 Å². The van der Waals surface area contributed by atoms with Crippen molar-refractivity contribution in [2.75, 3.05) is 0 Å². The highest BCUT2D eigenvalue weighted by Gasteiger charge is 1.39. The minimum atomic E-state index is 2.66. The van der Waals surface area contributed by atoms with Crippen LogP contribution in [0.1, 0.15) is 0 Å². The highest BCUT2D eigenvalue weighted by molar-refractivity contribution is 9.10. The normalized spacial score (nSPS) is 9.50. The summed E-state index contributed by atoms with van der Waals surface area (Å²) in [5.41, 5.74) is 0. The lowest BCUT2D eigenvalue weighted by Crippen LogP contribution is -1.05. The molecule has 0 radical (unpaired) electrons. The van der Waals surface area contributed by atoms with Crippen LogP contribution < -0.4 is 0 Å². The summed E-state index contributed by atoms with van der Waals surface area (Å²) < 4.78 is 6.18. The van der Waals surface area contributed by atoms with Gasteiger partial charge in [0.05, 0.1) is 0 Å². The molecule has 0 aromatic carbocycles. The summed E-state index contributed by atoms with van der Waals surface area (Å²) in [7, 11) is 0. The van der Waals surface area contributed by atoms with Crippen LogP contribution in [0.3, 0.4) is 0 Å². The maximum Gasteiger partial charge on any atom is 0.101 e. The molecule has 0 aliphatic carbocycles. The molecule has 0 fully saturated rings. The van der Waals surface area contributed by atoms with E-state index < -0.39 is 0 Å². The molecule has 0 rings (SSSR count). The molecular weight excluding hydrogens is 188 g/mol. The van der Waals surface area contributed by atoms with Crippen molar-refractivity contribution in [3.63, 3.8) is 0 Å². The van der Waals surface area contributed by atoms with Crippen molar-refractivity contribution in [1.29, 1.82) is 0 Å². The third kappa shape index (κ3) is 2.56. The Balaban J connectivity index is 2.55. The summed E-state index contributed by atoms with van der Waals surface area (Å²) >= 11 is 5.32. The third-order valence-corrected chi connectivity index (χ3v) is 0.771. The van der Waals surface area contributed by atoms with Gasteiger partial charge in [0.15, 0.2) is 0 Å². The summed E-state index contributed by atoms with van der Waals surface area (Å²) in [5, 5.41) is 0. The van der Waals surface area contributed by atoms with Crippen LogP contribution in [0.5, 0.6) is 0 Å². The predicted octanol–water partition coefficient (Wildman–Crippen LogP) is 2.06. The Morgan fingerprint density at radius 3 is 1.25 bits per heavy atom. The second kappa shape index (κ2) is 3.56. The molecule has 0 unspecified atom stereocenters. The summed E-state index contributed by atoms with van der Waals surface area (Å²) in [6, 6.07) is 0. The van der Waals surface area contributed by atoms with Crippen molar-refractivity contribution in [2.45, 2.75) is 0 Å². The van der Waals surface area contributed by atoms with E-state index in [2.05, 4.69) is 40.6 Å². The number of rotatable bonds is 0. The van der Waals surface area contributed by atoms with Gasteiger partial charge in [-0.25, -0.2) is 0 Å². The fourth-order valence-electron chi connectivity index (χ4n) is 0. The zero-order valence-corrected chi connectivity index (χ0v) is 4.82. The van der Waals surface area contributed by atoms with Gasteiger partial charge in [0.25, 0.3) is 0 Å². The predicted molar refractivity (Wildman–Crippen MR) is 22.7 cm³/mol. The molecule has 0 N–H and O–H groups in total. The van der Waals surface area contributed by atoms with Gasteiger partial charge >= 0.3 is 0 Å². The summed E-state index contributed by atoms with van der Waals surface area (Å²) in [4.78, 5) is 0. The quantitative estimate of drug-likeness (QED) is 0.519. The lowest BCUT2D eigenvalue weighted by molar-refractivity contribution is 1.58. The van der Waals surface area contributed by atoms with Gasteiger partial charge in [-0.1, -0.05) is 0 Å². The zero-order chi connectivity index (χ0) is 3.41. The van der Waals surface area contributed by atoms with Crippen LogP contribution in [-0.4, -0.2) is 0 Å². The van der Waals surface area contributed by atoms with Crippen LogP contribution in [0, 0.1) is 0 Å². The Morgan fingerprint density at radius 1 is 1.00 bits per heavy atom. The molecule has 0 aromatic rings. The molecule has 0 saturated carbocycles. The van der Waals surface area contributed by atoms with E-state index in [0.29, 0.717) is 0 Å². The SMILES string of the molecule is Br/N=N/Br. The standard InChI is InChI=1S/Br2N2/c1-3-4-2/b4-3+. The van der Waals surface area contributed by atoms with E-state index in [-0.39, 0.29) is 0 Å². The Hall–Kier alpha value is 0.560. The van der Waals surface area contributed by atoms with Crippen molar-refractivity contribution in [2.24, 2.45) is 8.28 Å². The van der Waals surface area contributed by atoms with Crippen molar-refractivity contribution >= 4 is 32.3 Å². The van der Waals surface area contributed by atoms with Gasteiger partial charge in [0, 0.05) is 0 Å². The van der Waals surface area contributed by atoms with E-state index in [1.165, 1.54) is 0 Å². The molecule has 4 heteroatoms. The molecular formula is Br2N2. The summed E-state index contributed by atoms with van der Waals surface area (Å²) in [6.45, 7) is 0. The van der Waals surface area contributed by atoms with Crippen LogP contribution in [0.25, 0.3) is 0 Å². The highest BCUT2D eigenvalue weighted by atomic mass is 79.9. The first-order chi connectivity index (χ1) is 1.91. The highest BCUT2D eigenvalue weighted by Crippen LogP contribution is 1.87. The molecule has 24 valence electrons.